The molecule has 0 aliphatic rings. The van der Waals surface area contributed by atoms with Gasteiger partial charge in [-0.15, -0.1) is 11.3 Å². The lowest BCUT2D eigenvalue weighted by molar-refractivity contribution is 0.0948. The maximum atomic E-state index is 13.3. The van der Waals surface area contributed by atoms with Gasteiger partial charge in [-0.25, -0.2) is 14.4 Å². The van der Waals surface area contributed by atoms with Gasteiger partial charge in [0.2, 0.25) is 5.95 Å². The van der Waals surface area contributed by atoms with Crippen molar-refractivity contribution < 1.29 is 13.6 Å². The van der Waals surface area contributed by atoms with Gasteiger partial charge >= 0.3 is 0 Å². The Hall–Kier alpha value is -1.89. The SMILES string of the molecule is Cc1csc(CCNC(=O)c2ccnc(F)c2F)n1. The molecule has 0 aromatic carbocycles. The highest BCUT2D eigenvalue weighted by Gasteiger charge is 2.15. The summed E-state index contributed by atoms with van der Waals surface area (Å²) in [6.07, 6.45) is 1.61. The smallest absolute Gasteiger partial charge is 0.254 e. The molecule has 4 nitrogen and oxygen atoms in total. The number of pyridine rings is 1. The number of hydrogen-bond donors (Lipinski definition) is 1. The van der Waals surface area contributed by atoms with Crippen LogP contribution in [0.3, 0.4) is 0 Å². The normalized spacial score (nSPS) is 10.5. The van der Waals surface area contributed by atoms with E-state index in [2.05, 4.69) is 15.3 Å². The molecule has 1 amide bonds. The molecule has 0 unspecified atom stereocenters. The predicted octanol–water partition coefficient (Wildman–Crippen LogP) is 2.10. The second-order valence-electron chi connectivity index (χ2n) is 3.85. The van der Waals surface area contributed by atoms with E-state index in [1.54, 1.807) is 0 Å². The van der Waals surface area contributed by atoms with Crippen LogP contribution in [0.15, 0.2) is 17.6 Å². The van der Waals surface area contributed by atoms with Gasteiger partial charge in [-0.2, -0.15) is 4.39 Å². The standard InChI is InChI=1S/C12H11F2N3OS/c1-7-6-19-9(17-7)3-5-16-12(18)8-2-4-15-11(14)10(8)13/h2,4,6H,3,5H2,1H3,(H,16,18). The van der Waals surface area contributed by atoms with Gasteiger partial charge in [0.25, 0.3) is 5.91 Å². The van der Waals surface area contributed by atoms with Crippen molar-refractivity contribution in [2.24, 2.45) is 0 Å². The van der Waals surface area contributed by atoms with Crippen molar-refractivity contribution in [3.8, 4) is 0 Å². The van der Waals surface area contributed by atoms with Crippen LogP contribution < -0.4 is 5.32 Å². The zero-order chi connectivity index (χ0) is 13.8. The van der Waals surface area contributed by atoms with Crippen molar-refractivity contribution in [3.63, 3.8) is 0 Å². The van der Waals surface area contributed by atoms with Crippen molar-refractivity contribution in [2.75, 3.05) is 6.54 Å². The first-order valence-corrected chi connectivity index (χ1v) is 6.45. The predicted molar refractivity (Wildman–Crippen MR) is 67.0 cm³/mol. The minimum Gasteiger partial charge on any atom is -0.352 e. The van der Waals surface area contributed by atoms with E-state index in [4.69, 9.17) is 0 Å². The summed E-state index contributed by atoms with van der Waals surface area (Å²) in [6.45, 7) is 2.20. The number of amides is 1. The highest BCUT2D eigenvalue weighted by molar-refractivity contribution is 7.09. The van der Waals surface area contributed by atoms with E-state index < -0.39 is 17.7 Å². The highest BCUT2D eigenvalue weighted by Crippen LogP contribution is 2.10. The molecule has 2 aromatic rings. The molecule has 0 aliphatic carbocycles. The van der Waals surface area contributed by atoms with Crippen LogP contribution in [-0.4, -0.2) is 22.4 Å². The lowest BCUT2D eigenvalue weighted by Gasteiger charge is -2.04. The van der Waals surface area contributed by atoms with Crippen LogP contribution in [0.1, 0.15) is 21.1 Å². The van der Waals surface area contributed by atoms with Crippen LogP contribution in [0.5, 0.6) is 0 Å². The third-order valence-corrected chi connectivity index (χ3v) is 3.41. The Morgan fingerprint density at radius 2 is 2.26 bits per heavy atom. The number of carbonyl (C=O) groups excluding carboxylic acids is 1. The largest absolute Gasteiger partial charge is 0.352 e. The van der Waals surface area contributed by atoms with E-state index >= 15 is 0 Å². The number of hydrogen-bond acceptors (Lipinski definition) is 4. The first kappa shape index (κ1) is 13.5. The van der Waals surface area contributed by atoms with Crippen molar-refractivity contribution in [1.82, 2.24) is 15.3 Å². The second kappa shape index (κ2) is 5.83. The molecule has 0 atom stereocenters. The molecule has 19 heavy (non-hydrogen) atoms. The number of nitrogens with one attached hydrogen (secondary N) is 1. The van der Waals surface area contributed by atoms with Gasteiger partial charge in [0.1, 0.15) is 0 Å². The maximum Gasteiger partial charge on any atom is 0.254 e. The lowest BCUT2D eigenvalue weighted by Crippen LogP contribution is -2.27. The molecule has 0 bridgehead atoms. The Kier molecular flexibility index (Phi) is 4.16. The number of carbonyl (C=O) groups is 1. The fourth-order valence-electron chi connectivity index (χ4n) is 1.49. The topological polar surface area (TPSA) is 54.9 Å². The molecule has 0 saturated carbocycles. The Bertz CT molecular complexity index is 600. The summed E-state index contributed by atoms with van der Waals surface area (Å²) in [4.78, 5) is 19.0. The van der Waals surface area contributed by atoms with Gasteiger partial charge in [-0.1, -0.05) is 0 Å². The van der Waals surface area contributed by atoms with E-state index in [0.717, 1.165) is 23.0 Å². The fraction of sp³-hybridized carbons (Fsp3) is 0.250. The molecule has 0 aliphatic heterocycles. The first-order valence-electron chi connectivity index (χ1n) is 5.57. The number of nitrogens with zero attached hydrogens (tertiary/aromatic N) is 2. The molecular weight excluding hydrogens is 272 g/mol. The van der Waals surface area contributed by atoms with Crippen molar-refractivity contribution in [3.05, 3.63) is 45.7 Å². The van der Waals surface area contributed by atoms with Crippen molar-refractivity contribution >= 4 is 17.2 Å². The van der Waals surface area contributed by atoms with Gasteiger partial charge < -0.3 is 5.32 Å². The van der Waals surface area contributed by atoms with E-state index in [9.17, 15) is 13.6 Å². The highest BCUT2D eigenvalue weighted by atomic mass is 32.1. The number of thiazole rings is 1. The molecule has 0 radical (unpaired) electrons. The number of rotatable bonds is 4. The molecule has 2 rings (SSSR count). The van der Waals surface area contributed by atoms with Crippen LogP contribution in [0, 0.1) is 18.7 Å². The van der Waals surface area contributed by atoms with E-state index in [-0.39, 0.29) is 5.56 Å². The summed E-state index contributed by atoms with van der Waals surface area (Å²) in [5.74, 6) is -3.17. The Morgan fingerprint density at radius 3 is 2.95 bits per heavy atom. The van der Waals surface area contributed by atoms with Crippen LogP contribution >= 0.6 is 11.3 Å². The molecule has 2 heterocycles. The van der Waals surface area contributed by atoms with Gasteiger partial charge in [0.15, 0.2) is 5.82 Å². The lowest BCUT2D eigenvalue weighted by atomic mass is 10.2. The van der Waals surface area contributed by atoms with E-state index in [1.165, 1.54) is 11.3 Å². The number of aromatic nitrogens is 2. The average Bonchev–Trinajstić information content (AvgIpc) is 2.78. The van der Waals surface area contributed by atoms with Gasteiger partial charge in [0.05, 0.1) is 10.6 Å². The summed E-state index contributed by atoms with van der Waals surface area (Å²) in [5.41, 5.74) is 0.580. The molecule has 2 aromatic heterocycles. The quantitative estimate of drug-likeness (QED) is 0.874. The molecule has 0 spiro atoms. The summed E-state index contributed by atoms with van der Waals surface area (Å²) < 4.78 is 26.2. The molecule has 1 N–H and O–H groups in total. The van der Waals surface area contributed by atoms with Crippen LogP contribution in [0.4, 0.5) is 8.78 Å². The zero-order valence-electron chi connectivity index (χ0n) is 10.1. The summed E-state index contributed by atoms with van der Waals surface area (Å²) in [5, 5.41) is 5.32. The second-order valence-corrected chi connectivity index (χ2v) is 4.79. The molecule has 0 fully saturated rings. The Morgan fingerprint density at radius 1 is 1.47 bits per heavy atom. The molecule has 0 saturated heterocycles. The minimum atomic E-state index is -1.27. The van der Waals surface area contributed by atoms with E-state index in [0.29, 0.717) is 13.0 Å². The summed E-state index contributed by atoms with van der Waals surface area (Å²) in [6, 6.07) is 1.14. The third kappa shape index (κ3) is 3.31. The van der Waals surface area contributed by atoms with Crippen LogP contribution in [0.25, 0.3) is 0 Å². The molecular formula is C12H11F2N3OS. The van der Waals surface area contributed by atoms with Crippen molar-refractivity contribution in [1.29, 1.82) is 0 Å². The Balaban J connectivity index is 1.93. The summed E-state index contributed by atoms with van der Waals surface area (Å²) >= 11 is 1.50. The van der Waals surface area contributed by atoms with E-state index in [1.807, 2.05) is 12.3 Å². The van der Waals surface area contributed by atoms with Crippen LogP contribution in [-0.2, 0) is 6.42 Å². The molecule has 7 heteroatoms. The minimum absolute atomic E-state index is 0.315. The third-order valence-electron chi connectivity index (χ3n) is 2.38. The maximum absolute atomic E-state index is 13.3. The zero-order valence-corrected chi connectivity index (χ0v) is 10.9. The Labute approximate surface area is 112 Å². The van der Waals surface area contributed by atoms with Gasteiger partial charge in [-0.05, 0) is 13.0 Å². The average molecular weight is 283 g/mol. The first-order chi connectivity index (χ1) is 9.08. The fourth-order valence-corrected chi connectivity index (χ4v) is 2.27. The monoisotopic (exact) mass is 283 g/mol. The number of aryl methyl sites for hydroxylation is 1. The van der Waals surface area contributed by atoms with Gasteiger partial charge in [-0.3, -0.25) is 4.79 Å². The summed E-state index contributed by atoms with van der Waals surface area (Å²) in [7, 11) is 0. The van der Waals surface area contributed by atoms with Crippen molar-refractivity contribution in [2.45, 2.75) is 13.3 Å². The molecule has 100 valence electrons. The van der Waals surface area contributed by atoms with Gasteiger partial charge in [0, 0.05) is 30.2 Å². The number of halogens is 2. The van der Waals surface area contributed by atoms with Crippen LogP contribution in [0.2, 0.25) is 0 Å².